The van der Waals surface area contributed by atoms with Crippen molar-refractivity contribution in [2.24, 2.45) is 0 Å². The fourth-order valence-corrected chi connectivity index (χ4v) is 5.35. The SMILES string of the molecule is COC(=O)c1cc(N2CCOCC2)nn2c(Cc3cccc(C(F)(F)F)c3C)c(CO[Si](C)(C)C(C)(C)C)nc12. The predicted octanol–water partition coefficient (Wildman–Crippen LogP) is 5.79. The number of imidazole rings is 1. The van der Waals surface area contributed by atoms with E-state index in [2.05, 4.69) is 33.9 Å². The summed E-state index contributed by atoms with van der Waals surface area (Å²) in [4.78, 5) is 19.7. The van der Waals surface area contributed by atoms with Crippen LogP contribution in [0.5, 0.6) is 0 Å². The molecule has 4 rings (SSSR count). The zero-order valence-corrected chi connectivity index (χ0v) is 25.1. The molecule has 218 valence electrons. The molecule has 0 spiro atoms. The third kappa shape index (κ3) is 6.03. The number of benzene rings is 1. The first-order valence-electron chi connectivity index (χ1n) is 13.3. The van der Waals surface area contributed by atoms with Gasteiger partial charge in [-0.2, -0.15) is 13.2 Å². The quantitative estimate of drug-likeness (QED) is 0.259. The average Bonchev–Trinajstić information content (AvgIpc) is 3.24. The number of carbonyl (C=O) groups is 1. The monoisotopic (exact) mass is 578 g/mol. The number of fused-ring (bicyclic) bond motifs is 1. The average molecular weight is 579 g/mol. The second-order valence-electron chi connectivity index (χ2n) is 11.6. The van der Waals surface area contributed by atoms with Crippen LogP contribution in [0.3, 0.4) is 0 Å². The Kier molecular flexibility index (Phi) is 8.35. The van der Waals surface area contributed by atoms with E-state index < -0.39 is 26.0 Å². The lowest BCUT2D eigenvalue weighted by atomic mass is 9.98. The molecule has 3 aromatic rings. The molecule has 0 radical (unpaired) electrons. The van der Waals surface area contributed by atoms with Gasteiger partial charge in [-0.1, -0.05) is 32.9 Å². The lowest BCUT2D eigenvalue weighted by Crippen LogP contribution is -2.40. The Morgan fingerprint density at radius 3 is 2.42 bits per heavy atom. The van der Waals surface area contributed by atoms with Crippen molar-refractivity contribution in [3.8, 4) is 0 Å². The van der Waals surface area contributed by atoms with E-state index in [1.165, 1.54) is 20.1 Å². The number of aromatic nitrogens is 3. The highest BCUT2D eigenvalue weighted by atomic mass is 28.4. The van der Waals surface area contributed by atoms with Crippen LogP contribution >= 0.6 is 0 Å². The Labute approximate surface area is 233 Å². The highest BCUT2D eigenvalue weighted by molar-refractivity contribution is 6.74. The number of nitrogens with zero attached hydrogens (tertiary/aromatic N) is 4. The number of esters is 1. The predicted molar refractivity (Wildman–Crippen MR) is 148 cm³/mol. The number of hydrogen-bond donors (Lipinski definition) is 0. The van der Waals surface area contributed by atoms with Crippen molar-refractivity contribution >= 4 is 25.8 Å². The third-order valence-electron chi connectivity index (χ3n) is 7.97. The van der Waals surface area contributed by atoms with Gasteiger partial charge >= 0.3 is 12.1 Å². The maximum Gasteiger partial charge on any atom is 0.416 e. The summed E-state index contributed by atoms with van der Waals surface area (Å²) in [7, 11) is -0.912. The fraction of sp³-hybridized carbons (Fsp3) is 0.536. The van der Waals surface area contributed by atoms with E-state index in [-0.39, 0.29) is 34.8 Å². The maximum absolute atomic E-state index is 13.7. The van der Waals surface area contributed by atoms with Gasteiger partial charge in [0, 0.05) is 25.6 Å². The summed E-state index contributed by atoms with van der Waals surface area (Å²) < 4.78 is 59.8. The Balaban J connectivity index is 1.91. The minimum atomic E-state index is -4.48. The lowest BCUT2D eigenvalue weighted by Gasteiger charge is -2.36. The minimum Gasteiger partial charge on any atom is -0.465 e. The molecule has 0 atom stereocenters. The number of anilines is 1. The number of rotatable bonds is 7. The van der Waals surface area contributed by atoms with Gasteiger partial charge in [0.25, 0.3) is 0 Å². The van der Waals surface area contributed by atoms with Gasteiger partial charge in [0.05, 0.1) is 43.9 Å². The molecule has 8 nitrogen and oxygen atoms in total. The summed E-state index contributed by atoms with van der Waals surface area (Å²) in [6.07, 6.45) is -4.36. The van der Waals surface area contributed by atoms with Crippen molar-refractivity contribution < 1.29 is 31.9 Å². The molecular weight excluding hydrogens is 541 g/mol. The van der Waals surface area contributed by atoms with Gasteiger partial charge in [-0.25, -0.2) is 14.3 Å². The molecule has 3 heterocycles. The number of morpholine rings is 1. The molecule has 12 heteroatoms. The molecule has 0 aliphatic carbocycles. The highest BCUT2D eigenvalue weighted by Gasteiger charge is 2.38. The summed E-state index contributed by atoms with van der Waals surface area (Å²) in [6.45, 7) is 14.4. The zero-order valence-electron chi connectivity index (χ0n) is 24.1. The molecule has 0 saturated carbocycles. The van der Waals surface area contributed by atoms with Crippen LogP contribution < -0.4 is 4.90 Å². The molecule has 0 amide bonds. The van der Waals surface area contributed by atoms with E-state index in [0.29, 0.717) is 49.1 Å². The van der Waals surface area contributed by atoms with Crippen molar-refractivity contribution in [1.29, 1.82) is 0 Å². The van der Waals surface area contributed by atoms with Gasteiger partial charge in [0.15, 0.2) is 19.8 Å². The maximum atomic E-state index is 13.7. The first-order valence-corrected chi connectivity index (χ1v) is 16.2. The molecule has 0 N–H and O–H groups in total. The van der Waals surface area contributed by atoms with Crippen LogP contribution in [0.1, 0.15) is 59.2 Å². The van der Waals surface area contributed by atoms with Crippen LogP contribution in [-0.2, 0) is 33.1 Å². The molecule has 0 bridgehead atoms. The number of ether oxygens (including phenoxy) is 2. The summed E-state index contributed by atoms with van der Waals surface area (Å²) in [5.74, 6) is -0.0435. The molecule has 1 fully saturated rings. The van der Waals surface area contributed by atoms with Crippen LogP contribution in [-0.4, -0.2) is 62.3 Å². The van der Waals surface area contributed by atoms with E-state index in [9.17, 15) is 18.0 Å². The smallest absolute Gasteiger partial charge is 0.416 e. The number of carbonyl (C=O) groups excluding carboxylic acids is 1. The van der Waals surface area contributed by atoms with Crippen molar-refractivity contribution in [1.82, 2.24) is 14.6 Å². The fourth-order valence-electron chi connectivity index (χ4n) is 4.42. The molecule has 1 aromatic carbocycles. The molecule has 40 heavy (non-hydrogen) atoms. The van der Waals surface area contributed by atoms with Gasteiger partial charge in [-0.05, 0) is 42.2 Å². The number of halogens is 3. The standard InChI is InChI=1S/C28H37F3N4O4Si/c1-18-19(9-8-10-21(18)28(29,30)31)15-23-22(17-39-40(6,7)27(2,3)4)32-25-20(26(36)37-5)16-24(33-35(23)25)34-11-13-38-14-12-34/h8-10,16H,11-15,17H2,1-7H3. The summed E-state index contributed by atoms with van der Waals surface area (Å²) in [5.41, 5.74) is 1.53. The van der Waals surface area contributed by atoms with Gasteiger partial charge in [0.1, 0.15) is 5.56 Å². The normalized spacial score (nSPS) is 15.1. The number of methoxy groups -OCH3 is 1. The first-order chi connectivity index (χ1) is 18.6. The third-order valence-corrected chi connectivity index (χ3v) is 12.5. The highest BCUT2D eigenvalue weighted by Crippen LogP contribution is 2.38. The Morgan fingerprint density at radius 2 is 1.82 bits per heavy atom. The van der Waals surface area contributed by atoms with Gasteiger partial charge in [-0.15, -0.1) is 5.10 Å². The van der Waals surface area contributed by atoms with Gasteiger partial charge in [0.2, 0.25) is 0 Å². The van der Waals surface area contributed by atoms with Crippen LogP contribution in [0.15, 0.2) is 24.3 Å². The lowest BCUT2D eigenvalue weighted by molar-refractivity contribution is -0.138. The summed E-state index contributed by atoms with van der Waals surface area (Å²) in [5, 5.41) is 4.77. The van der Waals surface area contributed by atoms with E-state index in [0.717, 1.165) is 6.07 Å². The Morgan fingerprint density at radius 1 is 1.15 bits per heavy atom. The topological polar surface area (TPSA) is 78.2 Å². The Hall–Kier alpha value is -2.96. The minimum absolute atomic E-state index is 0.0666. The van der Waals surface area contributed by atoms with Crippen molar-refractivity contribution in [3.05, 3.63) is 57.9 Å². The molecule has 0 unspecified atom stereocenters. The Bertz CT molecular complexity index is 1390. The molecule has 2 aromatic heterocycles. The van der Waals surface area contributed by atoms with Crippen LogP contribution in [0.4, 0.5) is 19.0 Å². The number of hydrogen-bond acceptors (Lipinski definition) is 7. The van der Waals surface area contributed by atoms with Crippen LogP contribution in [0.25, 0.3) is 5.65 Å². The number of alkyl halides is 3. The van der Waals surface area contributed by atoms with Gasteiger partial charge in [-0.3, -0.25) is 0 Å². The van der Waals surface area contributed by atoms with Crippen molar-refractivity contribution in [3.63, 3.8) is 0 Å². The largest absolute Gasteiger partial charge is 0.465 e. The van der Waals surface area contributed by atoms with E-state index >= 15 is 0 Å². The molecule has 1 aliphatic heterocycles. The molecule has 1 saturated heterocycles. The second-order valence-corrected chi connectivity index (χ2v) is 16.4. The first kappa shape index (κ1) is 30.0. The molecule has 1 aliphatic rings. The van der Waals surface area contributed by atoms with Gasteiger partial charge < -0.3 is 18.8 Å². The van der Waals surface area contributed by atoms with E-state index in [1.54, 1.807) is 16.6 Å². The van der Waals surface area contributed by atoms with Crippen molar-refractivity contribution in [2.75, 3.05) is 38.3 Å². The van der Waals surface area contributed by atoms with E-state index in [1.807, 2.05) is 4.90 Å². The second kappa shape index (κ2) is 11.1. The summed E-state index contributed by atoms with van der Waals surface area (Å²) in [6, 6.07) is 5.82. The van der Waals surface area contributed by atoms with Crippen LogP contribution in [0.2, 0.25) is 18.1 Å². The molecular formula is C28H37F3N4O4Si. The van der Waals surface area contributed by atoms with Crippen LogP contribution in [0, 0.1) is 6.92 Å². The van der Waals surface area contributed by atoms with Crippen molar-refractivity contribution in [2.45, 2.75) is 65.0 Å². The zero-order chi connectivity index (χ0) is 29.5. The van der Waals surface area contributed by atoms with E-state index in [4.69, 9.17) is 24.0 Å². The summed E-state index contributed by atoms with van der Waals surface area (Å²) >= 11 is 0.